The summed E-state index contributed by atoms with van der Waals surface area (Å²) in [5.74, 6) is 0.388. The fourth-order valence-electron chi connectivity index (χ4n) is 3.45. The van der Waals surface area contributed by atoms with E-state index in [0.717, 1.165) is 27.7 Å². The minimum atomic E-state index is -0.511. The standard InChI is InChI=1S/C22H18N6O4/c1-15-20(13-24-25-22-11-10-18(12-23-22)28(31)32)19-4-2-3-5-21(19)26(15)14-16-6-8-17(9-7-16)27(29)30/h2-13H,14H2,1H3,(H,23,25)/b24-13-. The van der Waals surface area contributed by atoms with Crippen molar-refractivity contribution in [1.82, 2.24) is 9.55 Å². The highest BCUT2D eigenvalue weighted by molar-refractivity contribution is 6.01. The molecule has 10 nitrogen and oxygen atoms in total. The molecule has 2 heterocycles. The van der Waals surface area contributed by atoms with Crippen molar-refractivity contribution >= 4 is 34.3 Å². The van der Waals surface area contributed by atoms with Gasteiger partial charge in [-0.2, -0.15) is 5.10 Å². The highest BCUT2D eigenvalue weighted by atomic mass is 16.6. The normalized spacial score (nSPS) is 11.2. The minimum absolute atomic E-state index is 0.0570. The summed E-state index contributed by atoms with van der Waals surface area (Å²) in [6.45, 7) is 2.53. The van der Waals surface area contributed by atoms with E-state index in [1.807, 2.05) is 31.2 Å². The number of non-ortho nitro benzene ring substituents is 1. The number of fused-ring (bicyclic) bond motifs is 1. The number of rotatable bonds is 7. The van der Waals surface area contributed by atoms with E-state index in [1.54, 1.807) is 18.3 Å². The van der Waals surface area contributed by atoms with Crippen molar-refractivity contribution in [2.45, 2.75) is 13.5 Å². The Morgan fingerprint density at radius 2 is 1.69 bits per heavy atom. The second-order valence-electron chi connectivity index (χ2n) is 7.05. The lowest BCUT2D eigenvalue weighted by atomic mass is 10.1. The molecule has 2 aromatic carbocycles. The zero-order valence-electron chi connectivity index (χ0n) is 17.0. The van der Waals surface area contributed by atoms with Crippen molar-refractivity contribution in [3.63, 3.8) is 0 Å². The van der Waals surface area contributed by atoms with Gasteiger partial charge in [0.15, 0.2) is 0 Å². The first-order valence-corrected chi connectivity index (χ1v) is 9.64. The molecule has 32 heavy (non-hydrogen) atoms. The Kier molecular flexibility index (Phi) is 5.58. The molecule has 0 fully saturated rings. The van der Waals surface area contributed by atoms with Crippen LogP contribution in [0.2, 0.25) is 0 Å². The summed E-state index contributed by atoms with van der Waals surface area (Å²) in [5.41, 5.74) is 6.60. The average Bonchev–Trinajstić information content (AvgIpc) is 3.06. The molecule has 0 aliphatic carbocycles. The van der Waals surface area contributed by atoms with Crippen molar-refractivity contribution in [3.8, 4) is 0 Å². The Morgan fingerprint density at radius 1 is 1.00 bits per heavy atom. The van der Waals surface area contributed by atoms with Gasteiger partial charge >= 0.3 is 0 Å². The fraction of sp³-hybridized carbons (Fsp3) is 0.0909. The number of anilines is 1. The molecule has 10 heteroatoms. The van der Waals surface area contributed by atoms with Crippen LogP contribution in [-0.4, -0.2) is 25.6 Å². The summed E-state index contributed by atoms with van der Waals surface area (Å²) in [6, 6.07) is 17.3. The number of nitrogens with one attached hydrogen (secondary N) is 1. The second kappa shape index (κ2) is 8.64. The van der Waals surface area contributed by atoms with E-state index in [4.69, 9.17) is 0 Å². The SMILES string of the molecule is Cc1c(/C=N\Nc2ccc([N+](=O)[O-])cn2)c2ccccc2n1Cc1ccc([N+](=O)[O-])cc1. The number of para-hydroxylation sites is 1. The molecule has 0 aliphatic heterocycles. The molecule has 1 N–H and O–H groups in total. The number of nitro groups is 2. The van der Waals surface area contributed by atoms with Gasteiger partial charge in [0.1, 0.15) is 12.0 Å². The Balaban J connectivity index is 1.61. The van der Waals surface area contributed by atoms with Crippen LogP contribution in [0.4, 0.5) is 17.2 Å². The van der Waals surface area contributed by atoms with E-state index < -0.39 is 9.85 Å². The first-order chi connectivity index (χ1) is 15.4. The van der Waals surface area contributed by atoms with E-state index in [2.05, 4.69) is 20.1 Å². The monoisotopic (exact) mass is 430 g/mol. The van der Waals surface area contributed by atoms with E-state index in [0.29, 0.717) is 12.4 Å². The number of nitrogens with zero attached hydrogens (tertiary/aromatic N) is 5. The van der Waals surface area contributed by atoms with Crippen LogP contribution in [0.5, 0.6) is 0 Å². The summed E-state index contributed by atoms with van der Waals surface area (Å²) in [6.07, 6.45) is 2.85. The molecule has 0 radical (unpaired) electrons. The molecule has 0 bridgehead atoms. The summed E-state index contributed by atoms with van der Waals surface area (Å²) in [5, 5.41) is 26.9. The predicted molar refractivity (Wildman–Crippen MR) is 121 cm³/mol. The van der Waals surface area contributed by atoms with Gasteiger partial charge in [0.25, 0.3) is 11.4 Å². The van der Waals surface area contributed by atoms with Crippen LogP contribution in [0.25, 0.3) is 10.9 Å². The van der Waals surface area contributed by atoms with Gasteiger partial charge in [0.2, 0.25) is 0 Å². The molecule has 2 aromatic heterocycles. The number of nitro benzene ring substituents is 1. The number of benzene rings is 2. The number of aromatic nitrogens is 2. The van der Waals surface area contributed by atoms with Crippen LogP contribution in [0.15, 0.2) is 72.0 Å². The molecule has 0 unspecified atom stereocenters. The van der Waals surface area contributed by atoms with E-state index in [1.165, 1.54) is 30.5 Å². The Hall–Kier alpha value is -4.60. The number of hydrazone groups is 1. The van der Waals surface area contributed by atoms with Crippen LogP contribution in [0.3, 0.4) is 0 Å². The highest BCUT2D eigenvalue weighted by Gasteiger charge is 2.13. The molecule has 4 aromatic rings. The number of hydrogen-bond acceptors (Lipinski definition) is 7. The minimum Gasteiger partial charge on any atom is -0.340 e. The van der Waals surface area contributed by atoms with Gasteiger partial charge in [-0.25, -0.2) is 4.98 Å². The summed E-state index contributed by atoms with van der Waals surface area (Å²) < 4.78 is 2.13. The fourth-order valence-corrected chi connectivity index (χ4v) is 3.45. The van der Waals surface area contributed by atoms with Crippen LogP contribution in [0, 0.1) is 27.2 Å². The largest absolute Gasteiger partial charge is 0.340 e. The van der Waals surface area contributed by atoms with Gasteiger partial charge in [0, 0.05) is 46.9 Å². The maximum atomic E-state index is 10.9. The Morgan fingerprint density at radius 3 is 2.34 bits per heavy atom. The van der Waals surface area contributed by atoms with E-state index >= 15 is 0 Å². The van der Waals surface area contributed by atoms with Crippen molar-refractivity contribution in [2.75, 3.05) is 5.43 Å². The molecule has 4 rings (SSSR count). The van der Waals surface area contributed by atoms with Gasteiger partial charge in [-0.15, -0.1) is 0 Å². The van der Waals surface area contributed by atoms with Crippen LogP contribution in [-0.2, 0) is 6.54 Å². The first kappa shape index (κ1) is 20.7. The van der Waals surface area contributed by atoms with Gasteiger partial charge in [-0.1, -0.05) is 30.3 Å². The maximum absolute atomic E-state index is 10.9. The van der Waals surface area contributed by atoms with Gasteiger partial charge in [-0.3, -0.25) is 25.7 Å². The van der Waals surface area contributed by atoms with Gasteiger partial charge < -0.3 is 4.57 Å². The van der Waals surface area contributed by atoms with Crippen molar-refractivity contribution < 1.29 is 9.85 Å². The smallest absolute Gasteiger partial charge is 0.287 e. The second-order valence-corrected chi connectivity index (χ2v) is 7.05. The Labute approximate surface area is 182 Å². The molecule has 0 atom stereocenters. The zero-order chi connectivity index (χ0) is 22.7. The van der Waals surface area contributed by atoms with Gasteiger partial charge in [-0.05, 0) is 24.6 Å². The predicted octanol–water partition coefficient (Wildman–Crippen LogP) is 4.66. The van der Waals surface area contributed by atoms with Crippen molar-refractivity contribution in [3.05, 3.63) is 104 Å². The lowest BCUT2D eigenvalue weighted by Crippen LogP contribution is -2.03. The molecule has 0 saturated heterocycles. The molecule has 0 aliphatic rings. The maximum Gasteiger partial charge on any atom is 0.287 e. The lowest BCUT2D eigenvalue weighted by Gasteiger charge is -2.08. The lowest BCUT2D eigenvalue weighted by molar-refractivity contribution is -0.385. The summed E-state index contributed by atoms with van der Waals surface area (Å²) in [7, 11) is 0. The third-order valence-corrected chi connectivity index (χ3v) is 5.10. The third kappa shape index (κ3) is 4.15. The molecular weight excluding hydrogens is 412 g/mol. The van der Waals surface area contributed by atoms with Crippen LogP contribution < -0.4 is 5.43 Å². The molecule has 0 amide bonds. The van der Waals surface area contributed by atoms with Gasteiger partial charge in [0.05, 0.1) is 16.1 Å². The number of pyridine rings is 1. The van der Waals surface area contributed by atoms with E-state index in [-0.39, 0.29) is 11.4 Å². The Bertz CT molecular complexity index is 1330. The van der Waals surface area contributed by atoms with Crippen molar-refractivity contribution in [1.29, 1.82) is 0 Å². The number of hydrogen-bond donors (Lipinski definition) is 1. The van der Waals surface area contributed by atoms with Crippen LogP contribution in [0.1, 0.15) is 16.8 Å². The molecule has 0 spiro atoms. The summed E-state index contributed by atoms with van der Waals surface area (Å²) in [4.78, 5) is 24.7. The quantitative estimate of drug-likeness (QED) is 0.258. The van der Waals surface area contributed by atoms with E-state index in [9.17, 15) is 20.2 Å². The third-order valence-electron chi connectivity index (χ3n) is 5.10. The highest BCUT2D eigenvalue weighted by Crippen LogP contribution is 2.26. The first-order valence-electron chi connectivity index (χ1n) is 9.64. The molecule has 0 saturated carbocycles. The summed E-state index contributed by atoms with van der Waals surface area (Å²) >= 11 is 0. The van der Waals surface area contributed by atoms with Crippen LogP contribution >= 0.6 is 0 Å². The molecular formula is C22H18N6O4. The average molecular weight is 430 g/mol. The van der Waals surface area contributed by atoms with Crippen molar-refractivity contribution in [2.24, 2.45) is 5.10 Å². The topological polar surface area (TPSA) is 128 Å². The molecule has 160 valence electrons. The zero-order valence-corrected chi connectivity index (χ0v) is 17.0.